The van der Waals surface area contributed by atoms with E-state index in [-0.39, 0.29) is 23.9 Å². The second-order valence-electron chi connectivity index (χ2n) is 2.74. The smallest absolute Gasteiger partial charge is 0.288 e. The van der Waals surface area contributed by atoms with Gasteiger partial charge in [0.05, 0.1) is 11.5 Å². The van der Waals surface area contributed by atoms with Crippen LogP contribution in [0.1, 0.15) is 5.56 Å². The molecule has 0 bridgehead atoms. The van der Waals surface area contributed by atoms with E-state index in [0.717, 1.165) is 0 Å². The summed E-state index contributed by atoms with van der Waals surface area (Å²) in [4.78, 5) is 10.0. The molecule has 0 radical (unpaired) electrons. The summed E-state index contributed by atoms with van der Waals surface area (Å²) in [6.07, 6.45) is 4.99. The lowest BCUT2D eigenvalue weighted by molar-refractivity contribution is -0.384. The summed E-state index contributed by atoms with van der Waals surface area (Å²) in [5.41, 5.74) is 0.542. The highest BCUT2D eigenvalue weighted by molar-refractivity contribution is 6.32. The molecule has 0 aromatic heterocycles. The molecule has 0 N–H and O–H groups in total. The molecule has 4 nitrogen and oxygen atoms in total. The molecule has 0 unspecified atom stereocenters. The predicted octanol–water partition coefficient (Wildman–Crippen LogP) is 2.40. The number of nitrogens with zero attached hydrogens (tertiary/aromatic N) is 1. The standard InChI is InChI=1S/C10H8ClNO3/c1-2-5-15-7-8-3-4-9(11)10(6-8)12(13)14/h1,3-4,6H,5,7H2. The highest BCUT2D eigenvalue weighted by atomic mass is 35.5. The van der Waals surface area contributed by atoms with E-state index in [4.69, 9.17) is 22.8 Å². The Hall–Kier alpha value is -1.57. The lowest BCUT2D eigenvalue weighted by atomic mass is 10.2. The maximum absolute atomic E-state index is 10.6. The number of terminal acetylenes is 1. The maximum Gasteiger partial charge on any atom is 0.288 e. The fourth-order valence-electron chi connectivity index (χ4n) is 1.02. The summed E-state index contributed by atoms with van der Waals surface area (Å²) < 4.78 is 5.04. The van der Waals surface area contributed by atoms with Crippen molar-refractivity contribution < 1.29 is 9.66 Å². The summed E-state index contributed by atoms with van der Waals surface area (Å²) in [5, 5.41) is 10.7. The van der Waals surface area contributed by atoms with Crippen LogP contribution >= 0.6 is 11.6 Å². The molecular formula is C10H8ClNO3. The van der Waals surface area contributed by atoms with Gasteiger partial charge in [0.1, 0.15) is 11.6 Å². The molecule has 0 aliphatic heterocycles. The van der Waals surface area contributed by atoms with E-state index in [0.29, 0.717) is 5.56 Å². The Balaban J connectivity index is 2.79. The van der Waals surface area contributed by atoms with E-state index in [1.165, 1.54) is 12.1 Å². The molecule has 0 aliphatic carbocycles. The largest absolute Gasteiger partial charge is 0.364 e. The van der Waals surface area contributed by atoms with Crippen LogP contribution in [0.5, 0.6) is 0 Å². The van der Waals surface area contributed by atoms with Crippen molar-refractivity contribution in [1.29, 1.82) is 0 Å². The van der Waals surface area contributed by atoms with Crippen molar-refractivity contribution in [2.75, 3.05) is 6.61 Å². The Kier molecular flexibility index (Phi) is 4.10. The SMILES string of the molecule is C#CCOCc1ccc(Cl)c([N+](=O)[O-])c1. The van der Waals surface area contributed by atoms with Crippen molar-refractivity contribution in [2.45, 2.75) is 6.61 Å². The molecule has 15 heavy (non-hydrogen) atoms. The first-order valence-electron chi connectivity index (χ1n) is 4.09. The number of hydrogen-bond acceptors (Lipinski definition) is 3. The zero-order valence-corrected chi connectivity index (χ0v) is 8.53. The summed E-state index contributed by atoms with van der Waals surface area (Å²) in [7, 11) is 0. The van der Waals surface area contributed by atoms with E-state index in [9.17, 15) is 10.1 Å². The van der Waals surface area contributed by atoms with Gasteiger partial charge in [-0.05, 0) is 11.6 Å². The van der Waals surface area contributed by atoms with Gasteiger partial charge in [-0.15, -0.1) is 6.42 Å². The lowest BCUT2D eigenvalue weighted by Gasteiger charge is -2.01. The number of hydrogen-bond donors (Lipinski definition) is 0. The molecule has 1 aromatic carbocycles. The van der Waals surface area contributed by atoms with Gasteiger partial charge in [-0.1, -0.05) is 23.6 Å². The third-order valence-corrected chi connectivity index (χ3v) is 1.98. The fraction of sp³-hybridized carbons (Fsp3) is 0.200. The van der Waals surface area contributed by atoms with Crippen LogP contribution in [0.25, 0.3) is 0 Å². The zero-order valence-electron chi connectivity index (χ0n) is 7.77. The Morgan fingerprint density at radius 2 is 2.33 bits per heavy atom. The first-order chi connectivity index (χ1) is 7.15. The van der Waals surface area contributed by atoms with Crippen molar-refractivity contribution in [1.82, 2.24) is 0 Å². The van der Waals surface area contributed by atoms with Gasteiger partial charge >= 0.3 is 0 Å². The first kappa shape index (κ1) is 11.5. The van der Waals surface area contributed by atoms with E-state index in [1.807, 2.05) is 0 Å². The second-order valence-corrected chi connectivity index (χ2v) is 3.15. The zero-order chi connectivity index (χ0) is 11.3. The molecule has 0 amide bonds. The van der Waals surface area contributed by atoms with Crippen LogP contribution in [-0.2, 0) is 11.3 Å². The van der Waals surface area contributed by atoms with Crippen molar-refractivity contribution >= 4 is 17.3 Å². The number of benzene rings is 1. The van der Waals surface area contributed by atoms with E-state index < -0.39 is 4.92 Å². The number of halogens is 1. The molecule has 1 aromatic rings. The minimum absolute atomic E-state index is 0.112. The molecule has 0 saturated carbocycles. The topological polar surface area (TPSA) is 52.4 Å². The quantitative estimate of drug-likeness (QED) is 0.342. The van der Waals surface area contributed by atoms with Crippen molar-refractivity contribution in [2.24, 2.45) is 0 Å². The number of nitro benzene ring substituents is 1. The molecule has 0 atom stereocenters. The van der Waals surface area contributed by atoms with Crippen molar-refractivity contribution in [3.05, 3.63) is 38.9 Å². The summed E-state index contributed by atoms with van der Waals surface area (Å²) >= 11 is 5.64. The minimum Gasteiger partial charge on any atom is -0.364 e. The Morgan fingerprint density at radius 1 is 1.60 bits per heavy atom. The van der Waals surface area contributed by atoms with Gasteiger partial charge in [-0.25, -0.2) is 0 Å². The summed E-state index contributed by atoms with van der Waals surface area (Å²) in [6, 6.07) is 4.50. The van der Waals surface area contributed by atoms with Gasteiger partial charge in [-0.3, -0.25) is 10.1 Å². The molecule has 0 saturated heterocycles. The highest BCUT2D eigenvalue weighted by Crippen LogP contribution is 2.25. The normalized spacial score (nSPS) is 9.60. The predicted molar refractivity (Wildman–Crippen MR) is 56.6 cm³/mol. The number of nitro groups is 1. The van der Waals surface area contributed by atoms with Crippen LogP contribution in [-0.4, -0.2) is 11.5 Å². The number of ether oxygens (including phenoxy) is 1. The molecule has 1 rings (SSSR count). The Labute approximate surface area is 92.0 Å². The molecule has 5 heteroatoms. The van der Waals surface area contributed by atoms with Crippen LogP contribution < -0.4 is 0 Å². The molecular weight excluding hydrogens is 218 g/mol. The summed E-state index contributed by atoms with van der Waals surface area (Å²) in [6.45, 7) is 0.415. The maximum atomic E-state index is 10.6. The van der Waals surface area contributed by atoms with E-state index in [1.54, 1.807) is 6.07 Å². The average Bonchev–Trinajstić information content (AvgIpc) is 2.20. The second kappa shape index (κ2) is 5.35. The van der Waals surface area contributed by atoms with E-state index >= 15 is 0 Å². The molecule has 0 heterocycles. The van der Waals surface area contributed by atoms with Crippen LogP contribution in [0.4, 0.5) is 5.69 Å². The molecule has 0 spiro atoms. The van der Waals surface area contributed by atoms with Gasteiger partial charge < -0.3 is 4.74 Å². The monoisotopic (exact) mass is 225 g/mol. The minimum atomic E-state index is -0.535. The fourth-order valence-corrected chi connectivity index (χ4v) is 1.20. The average molecular weight is 226 g/mol. The Morgan fingerprint density at radius 3 is 2.93 bits per heavy atom. The van der Waals surface area contributed by atoms with Crippen LogP contribution in [0.15, 0.2) is 18.2 Å². The Bertz CT molecular complexity index is 412. The third-order valence-electron chi connectivity index (χ3n) is 1.66. The van der Waals surface area contributed by atoms with Gasteiger partial charge in [0.25, 0.3) is 5.69 Å². The van der Waals surface area contributed by atoms with Crippen LogP contribution in [0.3, 0.4) is 0 Å². The van der Waals surface area contributed by atoms with Gasteiger partial charge in [-0.2, -0.15) is 0 Å². The van der Waals surface area contributed by atoms with E-state index in [2.05, 4.69) is 5.92 Å². The molecule has 0 aliphatic rings. The van der Waals surface area contributed by atoms with Crippen LogP contribution in [0.2, 0.25) is 5.02 Å². The summed E-state index contributed by atoms with van der Waals surface area (Å²) in [5.74, 6) is 2.30. The molecule has 78 valence electrons. The van der Waals surface area contributed by atoms with Gasteiger partial charge in [0, 0.05) is 6.07 Å². The third kappa shape index (κ3) is 3.24. The van der Waals surface area contributed by atoms with Crippen LogP contribution in [0, 0.1) is 22.5 Å². The first-order valence-corrected chi connectivity index (χ1v) is 4.47. The highest BCUT2D eigenvalue weighted by Gasteiger charge is 2.12. The van der Waals surface area contributed by atoms with Gasteiger partial charge in [0.2, 0.25) is 0 Å². The molecule has 0 fully saturated rings. The number of rotatable bonds is 4. The van der Waals surface area contributed by atoms with Gasteiger partial charge in [0.15, 0.2) is 0 Å². The lowest BCUT2D eigenvalue weighted by Crippen LogP contribution is -1.95. The van der Waals surface area contributed by atoms with Crippen molar-refractivity contribution in [3.8, 4) is 12.3 Å². The van der Waals surface area contributed by atoms with Crippen molar-refractivity contribution in [3.63, 3.8) is 0 Å².